The molecule has 8 nitrogen and oxygen atoms in total. The molecule has 2 N–H and O–H groups in total. The van der Waals surface area contributed by atoms with Gasteiger partial charge in [0.25, 0.3) is 0 Å². The highest BCUT2D eigenvalue weighted by Crippen LogP contribution is 2.44. The van der Waals surface area contributed by atoms with Crippen LogP contribution in [0.25, 0.3) is 0 Å². The fraction of sp³-hybridized carbons (Fsp3) is 0.429. The molecule has 1 aromatic rings. The van der Waals surface area contributed by atoms with E-state index in [4.69, 9.17) is 32.7 Å². The number of hydrogen-bond donors (Lipinski definition) is 2. The minimum absolute atomic E-state index is 0.0127. The Kier molecular flexibility index (Phi) is 9.69. The van der Waals surface area contributed by atoms with Gasteiger partial charge in [-0.15, -0.1) is 0 Å². The van der Waals surface area contributed by atoms with E-state index >= 15 is 0 Å². The summed E-state index contributed by atoms with van der Waals surface area (Å²) in [7, 11) is 1.16. The van der Waals surface area contributed by atoms with E-state index in [-0.39, 0.29) is 38.1 Å². The lowest BCUT2D eigenvalue weighted by molar-refractivity contribution is -0.150. The first kappa shape index (κ1) is 25.8. The van der Waals surface area contributed by atoms with Gasteiger partial charge in [-0.1, -0.05) is 41.9 Å². The molecule has 1 aliphatic rings. The van der Waals surface area contributed by atoms with Crippen LogP contribution in [-0.2, 0) is 19.1 Å². The van der Waals surface area contributed by atoms with E-state index in [1.165, 1.54) is 12.1 Å². The van der Waals surface area contributed by atoms with Crippen LogP contribution >= 0.6 is 35.0 Å². The number of allylic oxidation sites excluding steroid dienone is 1. The van der Waals surface area contributed by atoms with Crippen molar-refractivity contribution in [1.29, 1.82) is 5.26 Å². The molecule has 0 fully saturated rings. The predicted molar refractivity (Wildman–Crippen MR) is 122 cm³/mol. The highest BCUT2D eigenvalue weighted by atomic mass is 35.5. The molecule has 0 radical (unpaired) electrons. The zero-order valence-electron chi connectivity index (χ0n) is 17.8. The molecule has 1 aromatic carbocycles. The Bertz CT molecular complexity index is 954. The first-order chi connectivity index (χ1) is 15.3. The number of carbonyl (C=O) groups excluding carboxylic acids is 3. The van der Waals surface area contributed by atoms with Crippen molar-refractivity contribution in [1.82, 2.24) is 10.6 Å². The Morgan fingerprint density at radius 2 is 1.94 bits per heavy atom. The maximum absolute atomic E-state index is 12.8. The Morgan fingerprint density at radius 3 is 2.47 bits per heavy atom. The van der Waals surface area contributed by atoms with Crippen LogP contribution in [0, 0.1) is 17.2 Å². The average Bonchev–Trinajstić information content (AvgIpc) is 2.77. The number of amides is 2. The van der Waals surface area contributed by atoms with Crippen LogP contribution in [0.4, 0.5) is 0 Å². The molecule has 0 saturated heterocycles. The number of rotatable bonds is 9. The minimum atomic E-state index is -1.34. The highest BCUT2D eigenvalue weighted by molar-refractivity contribution is 8.03. The van der Waals surface area contributed by atoms with E-state index in [2.05, 4.69) is 16.7 Å². The minimum Gasteiger partial charge on any atom is -0.491 e. The third-order valence-electron chi connectivity index (χ3n) is 4.57. The molecule has 0 unspecified atom stereocenters. The Morgan fingerprint density at radius 1 is 1.28 bits per heavy atom. The Balaban J connectivity index is 2.54. The lowest BCUT2D eigenvalue weighted by Crippen LogP contribution is -2.44. The van der Waals surface area contributed by atoms with Crippen molar-refractivity contribution in [3.8, 4) is 11.8 Å². The van der Waals surface area contributed by atoms with Gasteiger partial charge in [-0.2, -0.15) is 5.26 Å². The summed E-state index contributed by atoms with van der Waals surface area (Å²) in [6.07, 6.45) is 0.779. The molecule has 172 valence electrons. The van der Waals surface area contributed by atoms with E-state index in [0.717, 1.165) is 25.3 Å². The molecular formula is C21H23Cl2N3O5S. The number of thioether (sulfide) groups is 1. The van der Waals surface area contributed by atoms with Gasteiger partial charge in [-0.25, -0.2) is 0 Å². The van der Waals surface area contributed by atoms with Gasteiger partial charge in [0.2, 0.25) is 11.8 Å². The van der Waals surface area contributed by atoms with Gasteiger partial charge in [0.1, 0.15) is 5.92 Å². The van der Waals surface area contributed by atoms with Gasteiger partial charge in [0, 0.05) is 12.5 Å². The van der Waals surface area contributed by atoms with E-state index in [1.54, 1.807) is 6.92 Å². The van der Waals surface area contributed by atoms with E-state index in [0.29, 0.717) is 18.7 Å². The molecule has 2 amide bonds. The topological polar surface area (TPSA) is 118 Å². The number of hydrogen-bond acceptors (Lipinski definition) is 7. The second kappa shape index (κ2) is 12.0. The van der Waals surface area contributed by atoms with Gasteiger partial charge in [-0.3, -0.25) is 14.4 Å². The first-order valence-corrected chi connectivity index (χ1v) is 11.6. The van der Waals surface area contributed by atoms with Crippen molar-refractivity contribution in [3.05, 3.63) is 38.3 Å². The van der Waals surface area contributed by atoms with Crippen LogP contribution in [-0.4, -0.2) is 43.8 Å². The summed E-state index contributed by atoms with van der Waals surface area (Å²) in [5, 5.41) is 15.8. The van der Waals surface area contributed by atoms with Gasteiger partial charge < -0.3 is 20.1 Å². The number of halogens is 2. The maximum atomic E-state index is 12.8. The molecule has 0 bridgehead atoms. The van der Waals surface area contributed by atoms with Gasteiger partial charge >= 0.3 is 5.97 Å². The van der Waals surface area contributed by atoms with Crippen molar-refractivity contribution in [2.24, 2.45) is 5.92 Å². The maximum Gasteiger partial charge on any atom is 0.319 e. The van der Waals surface area contributed by atoms with E-state index in [9.17, 15) is 19.6 Å². The number of nitriles is 1. The summed E-state index contributed by atoms with van der Waals surface area (Å²) < 4.78 is 10.2. The van der Waals surface area contributed by atoms with Crippen molar-refractivity contribution in [2.45, 2.75) is 26.2 Å². The fourth-order valence-corrected chi connectivity index (χ4v) is 4.67. The van der Waals surface area contributed by atoms with Crippen LogP contribution < -0.4 is 15.4 Å². The fourth-order valence-electron chi connectivity index (χ4n) is 3.17. The summed E-state index contributed by atoms with van der Waals surface area (Å²) in [4.78, 5) is 37.3. The Labute approximate surface area is 200 Å². The van der Waals surface area contributed by atoms with Gasteiger partial charge in [0.15, 0.2) is 5.75 Å². The van der Waals surface area contributed by atoms with Crippen LogP contribution in [0.3, 0.4) is 0 Å². The van der Waals surface area contributed by atoms with Crippen molar-refractivity contribution >= 4 is 52.7 Å². The average molecular weight is 500 g/mol. The molecule has 2 atom stereocenters. The van der Waals surface area contributed by atoms with Gasteiger partial charge in [0.05, 0.1) is 46.2 Å². The van der Waals surface area contributed by atoms with Crippen LogP contribution in [0.1, 0.15) is 31.7 Å². The second-order valence-electron chi connectivity index (χ2n) is 6.71. The Hall–Kier alpha value is -2.41. The normalized spacial score (nSPS) is 17.9. The second-order valence-corrected chi connectivity index (χ2v) is 8.51. The van der Waals surface area contributed by atoms with Crippen LogP contribution in [0.15, 0.2) is 22.7 Å². The third kappa shape index (κ3) is 5.88. The number of benzene rings is 1. The number of carbonyl (C=O) groups is 3. The smallest absolute Gasteiger partial charge is 0.319 e. The van der Waals surface area contributed by atoms with Crippen LogP contribution in [0.5, 0.6) is 5.75 Å². The predicted octanol–water partition coefficient (Wildman–Crippen LogP) is 3.39. The standard InChI is InChI=1S/C21H23Cl2N3O5S/c1-4-6-25-15(27)10-32-20-12(9-24)16(17(19(28)26-20)21(29)30-3)11-7-13(22)18(31-5-2)14(23)8-11/h7-8,16-17H,4-6,10H2,1-3H3,(H,25,27)(H,26,28)/t16-,17+/m1/s1. The lowest BCUT2D eigenvalue weighted by atomic mass is 9.78. The molecule has 2 rings (SSSR count). The number of nitrogens with zero attached hydrogens (tertiary/aromatic N) is 1. The molecule has 0 aromatic heterocycles. The summed E-state index contributed by atoms with van der Waals surface area (Å²) >= 11 is 13.7. The monoisotopic (exact) mass is 499 g/mol. The molecule has 11 heteroatoms. The number of ether oxygens (including phenoxy) is 2. The summed E-state index contributed by atoms with van der Waals surface area (Å²) in [6, 6.07) is 5.08. The first-order valence-electron chi connectivity index (χ1n) is 9.83. The molecule has 1 aliphatic heterocycles. The molecule has 1 heterocycles. The summed E-state index contributed by atoms with van der Waals surface area (Å²) in [6.45, 7) is 4.55. The van der Waals surface area contributed by atoms with Crippen molar-refractivity contribution in [3.63, 3.8) is 0 Å². The van der Waals surface area contributed by atoms with E-state index in [1.807, 2.05) is 6.92 Å². The highest BCUT2D eigenvalue weighted by Gasteiger charge is 2.44. The number of methoxy groups -OCH3 is 1. The SMILES string of the molecule is CCCNC(=O)CSC1=C(C#N)[C@@H](c2cc(Cl)c(OCC)c(Cl)c2)[C@H](C(=O)OC)C(=O)N1. The largest absolute Gasteiger partial charge is 0.491 e. The van der Waals surface area contributed by atoms with Crippen LogP contribution in [0.2, 0.25) is 10.0 Å². The number of nitrogens with one attached hydrogen (secondary N) is 2. The molecular weight excluding hydrogens is 477 g/mol. The zero-order valence-corrected chi connectivity index (χ0v) is 20.1. The quantitative estimate of drug-likeness (QED) is 0.394. The van der Waals surface area contributed by atoms with Gasteiger partial charge in [-0.05, 0) is 31.0 Å². The molecule has 32 heavy (non-hydrogen) atoms. The van der Waals surface area contributed by atoms with E-state index < -0.39 is 23.7 Å². The third-order valence-corrected chi connectivity index (χ3v) is 6.15. The van der Waals surface area contributed by atoms with Crippen molar-refractivity contribution in [2.75, 3.05) is 26.0 Å². The molecule has 0 aliphatic carbocycles. The molecule has 0 spiro atoms. The lowest BCUT2D eigenvalue weighted by Gasteiger charge is -2.31. The summed E-state index contributed by atoms with van der Waals surface area (Å²) in [5.74, 6) is -3.80. The van der Waals surface area contributed by atoms with Crippen molar-refractivity contribution < 1.29 is 23.9 Å². The zero-order chi connectivity index (χ0) is 23.8. The molecule has 0 saturated carbocycles. The number of esters is 1. The summed E-state index contributed by atoms with van der Waals surface area (Å²) in [5.41, 5.74) is 0.475.